The first-order valence-corrected chi connectivity index (χ1v) is 18.2. The number of sulfonamides is 1. The minimum Gasteiger partial charge on any atom is -0.497 e. The van der Waals surface area contributed by atoms with Crippen LogP contribution in [-0.4, -0.2) is 122 Å². The molecule has 5 rings (SSSR count). The van der Waals surface area contributed by atoms with E-state index in [0.29, 0.717) is 24.2 Å². The van der Waals surface area contributed by atoms with Gasteiger partial charge in [0, 0.05) is 36.5 Å². The number of hydrogen-bond donors (Lipinski definition) is 4. The maximum Gasteiger partial charge on any atom is 0.408 e. The number of carboxylic acid groups (broad SMARTS) is 1. The highest BCUT2D eigenvalue weighted by molar-refractivity contribution is 7.91. The molecule has 1 aliphatic heterocycles. The first kappa shape index (κ1) is 37.9. The lowest BCUT2D eigenvalue weighted by molar-refractivity contribution is -0.144. The summed E-state index contributed by atoms with van der Waals surface area (Å²) in [4.78, 5) is 70.3. The highest BCUT2D eigenvalue weighted by Gasteiger charge is 2.62. The normalized spacial score (nSPS) is 23.2. The van der Waals surface area contributed by atoms with E-state index in [1.165, 1.54) is 22.9 Å². The van der Waals surface area contributed by atoms with Crippen molar-refractivity contribution in [2.45, 2.75) is 80.9 Å². The van der Waals surface area contributed by atoms with Crippen LogP contribution in [0.25, 0.3) is 11.4 Å². The summed E-state index contributed by atoms with van der Waals surface area (Å²) < 4.78 is 32.6. The third kappa shape index (κ3) is 7.78. The van der Waals surface area contributed by atoms with Crippen molar-refractivity contribution in [3.8, 4) is 17.1 Å². The Bertz CT molecular complexity index is 1870. The number of benzene rings is 1. The molecule has 0 bridgehead atoms. The minimum atomic E-state index is -3.95. The van der Waals surface area contributed by atoms with Gasteiger partial charge in [0.25, 0.3) is 5.91 Å². The Balaban J connectivity index is 1.48. The SMILES string of the molecule is C=CC(=O)NC[C@@H](C(=O)N1C[C@H](n2nnc(-c3ccc(OC)cc3)n2)C[C@H]1C(=O)N[C@]1(C(=O)NS(=O)(=O)C2CC2)C[C@H]1C=C)N(C(=O)O)C(C)(C)C. The van der Waals surface area contributed by atoms with E-state index in [4.69, 9.17) is 4.74 Å². The van der Waals surface area contributed by atoms with Crippen molar-refractivity contribution in [1.82, 2.24) is 45.4 Å². The number of nitrogens with one attached hydrogen (secondary N) is 3. The molecule has 0 radical (unpaired) electrons. The van der Waals surface area contributed by atoms with Crippen molar-refractivity contribution >= 4 is 39.7 Å². The molecular formula is C33H43N9O9S. The molecule has 2 aromatic rings. The Morgan fingerprint density at radius 3 is 2.37 bits per heavy atom. The first-order valence-electron chi connectivity index (χ1n) is 16.6. The molecule has 52 heavy (non-hydrogen) atoms. The number of tetrazole rings is 1. The molecule has 2 aliphatic carbocycles. The number of methoxy groups -OCH3 is 1. The van der Waals surface area contributed by atoms with Crippen LogP contribution in [0, 0.1) is 5.92 Å². The number of amides is 5. The number of carbonyl (C=O) groups excluding carboxylic acids is 4. The van der Waals surface area contributed by atoms with Crippen LogP contribution < -0.4 is 20.1 Å². The summed E-state index contributed by atoms with van der Waals surface area (Å²) in [5.74, 6) is -2.90. The van der Waals surface area contributed by atoms with E-state index in [9.17, 15) is 37.5 Å². The fourth-order valence-corrected chi connectivity index (χ4v) is 7.73. The van der Waals surface area contributed by atoms with Gasteiger partial charge in [-0.25, -0.2) is 13.2 Å². The van der Waals surface area contributed by atoms with Crippen molar-refractivity contribution in [3.05, 3.63) is 49.6 Å². The third-order valence-electron chi connectivity index (χ3n) is 9.40. The minimum absolute atomic E-state index is 0.0707. The Morgan fingerprint density at radius 2 is 1.83 bits per heavy atom. The van der Waals surface area contributed by atoms with Crippen LogP contribution in [0.4, 0.5) is 4.79 Å². The molecule has 2 saturated carbocycles. The molecule has 18 nitrogen and oxygen atoms in total. The first-order chi connectivity index (χ1) is 24.4. The van der Waals surface area contributed by atoms with Crippen molar-refractivity contribution in [1.29, 1.82) is 0 Å². The molecule has 4 N–H and O–H groups in total. The zero-order valence-electron chi connectivity index (χ0n) is 29.3. The van der Waals surface area contributed by atoms with Crippen LogP contribution in [0.1, 0.15) is 52.5 Å². The quantitative estimate of drug-likeness (QED) is 0.154. The second-order valence-corrected chi connectivity index (χ2v) is 16.0. The Hall–Kier alpha value is -5.33. The van der Waals surface area contributed by atoms with Gasteiger partial charge in [0.05, 0.1) is 18.4 Å². The number of rotatable bonds is 14. The Labute approximate surface area is 300 Å². The molecule has 5 amide bonds. The van der Waals surface area contributed by atoms with Gasteiger partial charge in [-0.1, -0.05) is 12.7 Å². The van der Waals surface area contributed by atoms with Gasteiger partial charge in [-0.3, -0.25) is 28.8 Å². The zero-order valence-corrected chi connectivity index (χ0v) is 30.1. The number of hydrogen-bond acceptors (Lipinski definition) is 11. The molecule has 280 valence electrons. The standard InChI is InChI=1S/C33H43N9O9S/c1-7-20-16-33(20,30(46)38-52(49,50)23-13-14-23)35-28(44)24-15-21(42-37-27(36-39-42)19-9-11-22(51-6)12-10-19)18-40(24)29(45)25(17-34-26(43)8-2)41(31(47)48)32(3,4)5/h7-12,20-21,23-25H,1-2,13-18H2,3-6H3,(H,34,43)(H,35,44)(H,38,46)(H,47,48)/t20-,21-,24+,25+,33-/m1/s1. The lowest BCUT2D eigenvalue weighted by Gasteiger charge is -2.41. The highest BCUT2D eigenvalue weighted by Crippen LogP contribution is 2.45. The molecule has 1 aromatic heterocycles. The largest absolute Gasteiger partial charge is 0.497 e. The molecule has 5 atom stereocenters. The fourth-order valence-electron chi connectivity index (χ4n) is 6.37. The van der Waals surface area contributed by atoms with Gasteiger partial charge in [0.15, 0.2) is 0 Å². The maximum absolute atomic E-state index is 14.5. The summed E-state index contributed by atoms with van der Waals surface area (Å²) in [6, 6.07) is 3.35. The summed E-state index contributed by atoms with van der Waals surface area (Å²) in [7, 11) is -2.42. The fraction of sp³-hybridized carbons (Fsp3) is 0.515. The van der Waals surface area contributed by atoms with Crippen LogP contribution >= 0.6 is 0 Å². The molecule has 2 heterocycles. The van der Waals surface area contributed by atoms with E-state index in [1.807, 2.05) is 0 Å². The smallest absolute Gasteiger partial charge is 0.408 e. The summed E-state index contributed by atoms with van der Waals surface area (Å²) in [5.41, 5.74) is -2.16. The van der Waals surface area contributed by atoms with Crippen molar-refractivity contribution in [2.24, 2.45) is 5.92 Å². The van der Waals surface area contributed by atoms with Crippen LogP contribution in [0.3, 0.4) is 0 Å². The lowest BCUT2D eigenvalue weighted by atomic mass is 10.0. The average Bonchev–Trinajstić information content (AvgIpc) is 3.97. The zero-order chi connectivity index (χ0) is 38.2. The van der Waals surface area contributed by atoms with Crippen LogP contribution in [0.5, 0.6) is 5.75 Å². The number of likely N-dealkylation sites (tertiary alicyclic amines) is 1. The molecule has 0 unspecified atom stereocenters. The lowest BCUT2D eigenvalue weighted by Crippen LogP contribution is -2.63. The molecule has 1 aromatic carbocycles. The van der Waals surface area contributed by atoms with Crippen molar-refractivity contribution < 1.29 is 42.2 Å². The second kappa shape index (κ2) is 14.4. The number of nitrogens with zero attached hydrogens (tertiary/aromatic N) is 6. The predicted octanol–water partition coefficient (Wildman–Crippen LogP) is 0.609. The van der Waals surface area contributed by atoms with E-state index in [1.54, 1.807) is 45.0 Å². The Morgan fingerprint density at radius 1 is 1.15 bits per heavy atom. The van der Waals surface area contributed by atoms with Gasteiger partial charge in [-0.05, 0) is 75.6 Å². The monoisotopic (exact) mass is 741 g/mol. The van der Waals surface area contributed by atoms with E-state index >= 15 is 0 Å². The number of ether oxygens (including phenoxy) is 1. The van der Waals surface area contributed by atoms with E-state index in [-0.39, 0.29) is 25.2 Å². The van der Waals surface area contributed by atoms with E-state index in [2.05, 4.69) is 43.9 Å². The summed E-state index contributed by atoms with van der Waals surface area (Å²) in [5, 5.41) is 27.6. The van der Waals surface area contributed by atoms with Gasteiger partial charge in [0.1, 0.15) is 23.4 Å². The van der Waals surface area contributed by atoms with Crippen LogP contribution in [0.15, 0.2) is 49.6 Å². The number of aromatic nitrogens is 4. The third-order valence-corrected chi connectivity index (χ3v) is 11.2. The maximum atomic E-state index is 14.5. The van der Waals surface area contributed by atoms with Crippen molar-refractivity contribution in [3.63, 3.8) is 0 Å². The molecule has 1 saturated heterocycles. The van der Waals surface area contributed by atoms with Gasteiger partial charge in [-0.2, -0.15) is 4.80 Å². The van der Waals surface area contributed by atoms with E-state index < -0.39 is 86.7 Å². The van der Waals surface area contributed by atoms with E-state index in [0.717, 1.165) is 11.0 Å². The van der Waals surface area contributed by atoms with Crippen LogP contribution in [0.2, 0.25) is 0 Å². The molecular weight excluding hydrogens is 698 g/mol. The van der Waals surface area contributed by atoms with Crippen molar-refractivity contribution in [2.75, 3.05) is 20.2 Å². The molecule has 3 fully saturated rings. The average molecular weight is 742 g/mol. The number of carbonyl (C=O) groups is 5. The van der Waals surface area contributed by atoms with Gasteiger partial charge in [-0.15, -0.1) is 16.8 Å². The topological polar surface area (TPSA) is 235 Å². The molecule has 3 aliphatic rings. The summed E-state index contributed by atoms with van der Waals surface area (Å²) >= 11 is 0. The Kier molecular flexibility index (Phi) is 10.5. The molecule has 0 spiro atoms. The van der Waals surface area contributed by atoms with Gasteiger partial charge < -0.3 is 25.4 Å². The van der Waals surface area contributed by atoms with Gasteiger partial charge >= 0.3 is 6.09 Å². The highest BCUT2D eigenvalue weighted by atomic mass is 32.2. The molecule has 19 heteroatoms. The second-order valence-electron chi connectivity index (χ2n) is 14.0. The summed E-state index contributed by atoms with van der Waals surface area (Å²) in [6.45, 7) is 11.2. The summed E-state index contributed by atoms with van der Waals surface area (Å²) in [6.07, 6.45) is 1.79. The predicted molar refractivity (Wildman–Crippen MR) is 185 cm³/mol. The van der Waals surface area contributed by atoms with Crippen LogP contribution in [-0.2, 0) is 29.2 Å². The van der Waals surface area contributed by atoms with Gasteiger partial charge in [0.2, 0.25) is 33.6 Å².